The van der Waals surface area contributed by atoms with Crippen molar-refractivity contribution in [1.29, 1.82) is 0 Å². The molecule has 0 N–H and O–H groups in total. The van der Waals surface area contributed by atoms with Gasteiger partial charge in [0.25, 0.3) is 0 Å². The van der Waals surface area contributed by atoms with Crippen LogP contribution in [0.5, 0.6) is 11.5 Å². The predicted molar refractivity (Wildman–Crippen MR) is 79.7 cm³/mol. The molecule has 0 saturated carbocycles. The number of para-hydroxylation sites is 1. The van der Waals surface area contributed by atoms with Crippen LogP contribution in [0.25, 0.3) is 0 Å². The van der Waals surface area contributed by atoms with Gasteiger partial charge in [-0.15, -0.1) is 0 Å². The molecular weight excluding hydrogens is 287 g/mol. The van der Waals surface area contributed by atoms with E-state index >= 15 is 0 Å². The maximum Gasteiger partial charge on any atom is 0.513 e. The minimum Gasteiger partial charge on any atom is -0.488 e. The first-order chi connectivity index (χ1) is 10.5. The summed E-state index contributed by atoms with van der Waals surface area (Å²) in [4.78, 5) is 11.2. The molecular formula is C17H17FO4. The van der Waals surface area contributed by atoms with E-state index < -0.39 is 6.16 Å². The van der Waals surface area contributed by atoms with E-state index in [-0.39, 0.29) is 12.4 Å². The van der Waals surface area contributed by atoms with Crippen LogP contribution in [0, 0.1) is 19.7 Å². The van der Waals surface area contributed by atoms with Gasteiger partial charge in [-0.05, 0) is 37.1 Å². The van der Waals surface area contributed by atoms with Crippen LogP contribution in [0.2, 0.25) is 0 Å². The van der Waals surface area contributed by atoms with Crippen molar-refractivity contribution in [3.05, 3.63) is 58.9 Å². The summed E-state index contributed by atoms with van der Waals surface area (Å²) >= 11 is 0. The van der Waals surface area contributed by atoms with Crippen molar-refractivity contribution < 1.29 is 23.4 Å². The molecule has 5 heteroatoms. The molecule has 0 amide bonds. The Hall–Kier alpha value is -2.56. The van der Waals surface area contributed by atoms with E-state index in [1.54, 1.807) is 37.3 Å². The van der Waals surface area contributed by atoms with Crippen molar-refractivity contribution in [2.75, 3.05) is 7.11 Å². The molecule has 2 rings (SSSR count). The Balaban J connectivity index is 2.15. The standard InChI is InChI=1S/C17H17FO4/c1-11-8-12(2)16(9-14(11)18)21-10-13-6-4-5-7-15(13)22-17(19)20-3/h4-9H,10H2,1-3H3. The van der Waals surface area contributed by atoms with Gasteiger partial charge in [0.1, 0.15) is 23.9 Å². The highest BCUT2D eigenvalue weighted by atomic mass is 19.1. The zero-order valence-electron chi connectivity index (χ0n) is 12.7. The van der Waals surface area contributed by atoms with Gasteiger partial charge in [-0.3, -0.25) is 0 Å². The number of benzene rings is 2. The number of carbonyl (C=O) groups excluding carboxylic acids is 1. The Labute approximate surface area is 128 Å². The Morgan fingerprint density at radius 2 is 1.82 bits per heavy atom. The number of halogens is 1. The van der Waals surface area contributed by atoms with Gasteiger partial charge in [0.15, 0.2) is 0 Å². The smallest absolute Gasteiger partial charge is 0.488 e. The van der Waals surface area contributed by atoms with Crippen molar-refractivity contribution in [2.24, 2.45) is 0 Å². The second-order valence-electron chi connectivity index (χ2n) is 4.82. The van der Waals surface area contributed by atoms with Crippen molar-refractivity contribution in [2.45, 2.75) is 20.5 Å². The summed E-state index contributed by atoms with van der Waals surface area (Å²) < 4.78 is 28.8. The number of ether oxygens (including phenoxy) is 3. The predicted octanol–water partition coefficient (Wildman–Crippen LogP) is 4.17. The largest absolute Gasteiger partial charge is 0.513 e. The van der Waals surface area contributed by atoms with Crippen LogP contribution in [0.1, 0.15) is 16.7 Å². The van der Waals surface area contributed by atoms with Crippen molar-refractivity contribution >= 4 is 6.16 Å². The highest BCUT2D eigenvalue weighted by Gasteiger charge is 2.11. The normalized spacial score (nSPS) is 10.2. The molecule has 0 bridgehead atoms. The van der Waals surface area contributed by atoms with Gasteiger partial charge < -0.3 is 14.2 Å². The minimum absolute atomic E-state index is 0.149. The molecule has 22 heavy (non-hydrogen) atoms. The highest BCUT2D eigenvalue weighted by molar-refractivity contribution is 5.64. The van der Waals surface area contributed by atoms with Gasteiger partial charge in [-0.1, -0.05) is 18.2 Å². The van der Waals surface area contributed by atoms with E-state index in [4.69, 9.17) is 9.47 Å². The monoisotopic (exact) mass is 304 g/mol. The van der Waals surface area contributed by atoms with Crippen LogP contribution < -0.4 is 9.47 Å². The Bertz CT molecular complexity index is 682. The molecule has 2 aromatic carbocycles. The van der Waals surface area contributed by atoms with E-state index in [1.165, 1.54) is 13.2 Å². The summed E-state index contributed by atoms with van der Waals surface area (Å²) in [6, 6.07) is 10.0. The summed E-state index contributed by atoms with van der Waals surface area (Å²) in [7, 11) is 1.24. The first-order valence-electron chi connectivity index (χ1n) is 6.74. The second kappa shape index (κ2) is 6.93. The van der Waals surface area contributed by atoms with E-state index in [0.717, 1.165) is 5.56 Å². The van der Waals surface area contributed by atoms with Crippen LogP contribution in [0.15, 0.2) is 36.4 Å². The van der Waals surface area contributed by atoms with Gasteiger partial charge in [0, 0.05) is 11.6 Å². The molecule has 0 aliphatic rings. The molecule has 2 aromatic rings. The van der Waals surface area contributed by atoms with Crippen molar-refractivity contribution in [1.82, 2.24) is 0 Å². The van der Waals surface area contributed by atoms with Crippen LogP contribution in [0.3, 0.4) is 0 Å². The zero-order chi connectivity index (χ0) is 16.1. The average molecular weight is 304 g/mol. The Kier molecular flexibility index (Phi) is 4.99. The van der Waals surface area contributed by atoms with Gasteiger partial charge in [0.05, 0.1) is 7.11 Å². The molecule has 0 spiro atoms. The topological polar surface area (TPSA) is 44.8 Å². The Morgan fingerprint density at radius 1 is 1.09 bits per heavy atom. The quantitative estimate of drug-likeness (QED) is 0.628. The summed E-state index contributed by atoms with van der Waals surface area (Å²) in [5.41, 5.74) is 2.07. The molecule has 0 aliphatic heterocycles. The molecule has 0 fully saturated rings. The molecule has 0 atom stereocenters. The number of methoxy groups -OCH3 is 1. The first kappa shape index (κ1) is 15.8. The third-order valence-electron chi connectivity index (χ3n) is 3.17. The van der Waals surface area contributed by atoms with Crippen LogP contribution >= 0.6 is 0 Å². The van der Waals surface area contributed by atoms with Crippen molar-refractivity contribution in [3.63, 3.8) is 0 Å². The SMILES string of the molecule is COC(=O)Oc1ccccc1COc1cc(F)c(C)cc1C. The molecule has 0 aliphatic carbocycles. The number of hydrogen-bond acceptors (Lipinski definition) is 4. The fourth-order valence-electron chi connectivity index (χ4n) is 1.97. The lowest BCUT2D eigenvalue weighted by molar-refractivity contribution is 0.120. The maximum absolute atomic E-state index is 13.6. The zero-order valence-corrected chi connectivity index (χ0v) is 12.7. The average Bonchev–Trinajstić information content (AvgIpc) is 2.50. The molecule has 0 aromatic heterocycles. The van der Waals surface area contributed by atoms with E-state index in [1.807, 2.05) is 6.92 Å². The molecule has 0 radical (unpaired) electrons. The number of carbonyl (C=O) groups is 1. The Morgan fingerprint density at radius 3 is 2.55 bits per heavy atom. The molecule has 0 unspecified atom stereocenters. The van der Waals surface area contributed by atoms with Gasteiger partial charge in [-0.25, -0.2) is 9.18 Å². The molecule has 0 saturated heterocycles. The second-order valence-corrected chi connectivity index (χ2v) is 4.82. The fraction of sp³-hybridized carbons (Fsp3) is 0.235. The number of rotatable bonds is 4. The lowest BCUT2D eigenvalue weighted by Crippen LogP contribution is -2.09. The summed E-state index contributed by atoms with van der Waals surface area (Å²) in [6.07, 6.45) is -0.801. The third kappa shape index (κ3) is 3.75. The molecule has 4 nitrogen and oxygen atoms in total. The van der Waals surface area contributed by atoms with Crippen LogP contribution in [-0.4, -0.2) is 13.3 Å². The van der Waals surface area contributed by atoms with Gasteiger partial charge >= 0.3 is 6.16 Å². The number of aryl methyl sites for hydroxylation is 2. The van der Waals surface area contributed by atoms with Crippen molar-refractivity contribution in [3.8, 4) is 11.5 Å². The maximum atomic E-state index is 13.6. The number of hydrogen-bond donors (Lipinski definition) is 0. The summed E-state index contributed by atoms with van der Waals surface area (Å²) in [6.45, 7) is 3.70. The van der Waals surface area contributed by atoms with Crippen LogP contribution in [0.4, 0.5) is 9.18 Å². The third-order valence-corrected chi connectivity index (χ3v) is 3.17. The molecule has 0 heterocycles. The van der Waals surface area contributed by atoms with Gasteiger partial charge in [-0.2, -0.15) is 0 Å². The fourth-order valence-corrected chi connectivity index (χ4v) is 1.97. The summed E-state index contributed by atoms with van der Waals surface area (Å²) in [5, 5.41) is 0. The first-order valence-corrected chi connectivity index (χ1v) is 6.74. The molecule has 116 valence electrons. The van der Waals surface area contributed by atoms with Gasteiger partial charge in [0.2, 0.25) is 0 Å². The lowest BCUT2D eigenvalue weighted by atomic mass is 10.1. The van der Waals surface area contributed by atoms with E-state index in [2.05, 4.69) is 4.74 Å². The van der Waals surface area contributed by atoms with Crippen LogP contribution in [-0.2, 0) is 11.3 Å². The highest BCUT2D eigenvalue weighted by Crippen LogP contribution is 2.25. The van der Waals surface area contributed by atoms with E-state index in [0.29, 0.717) is 22.6 Å². The summed E-state index contributed by atoms with van der Waals surface area (Å²) in [5.74, 6) is 0.482. The van der Waals surface area contributed by atoms with E-state index in [9.17, 15) is 9.18 Å². The lowest BCUT2D eigenvalue weighted by Gasteiger charge is -2.13. The minimum atomic E-state index is -0.801.